The van der Waals surface area contributed by atoms with Crippen LogP contribution in [-0.2, 0) is 0 Å². The molecule has 0 unspecified atom stereocenters. The van der Waals surface area contributed by atoms with Crippen molar-refractivity contribution in [3.8, 4) is 67.3 Å². The second-order valence-electron chi connectivity index (χ2n) is 16.8. The molecular weight excluding hydrogens is 829 g/mol. The van der Waals surface area contributed by atoms with Crippen molar-refractivity contribution < 1.29 is 0 Å². The highest BCUT2D eigenvalue weighted by Crippen LogP contribution is 2.46. The van der Waals surface area contributed by atoms with Crippen molar-refractivity contribution >= 4 is 60.7 Å². The Morgan fingerprint density at radius 3 is 1.19 bits per heavy atom. The van der Waals surface area contributed by atoms with Crippen molar-refractivity contribution in [2.24, 2.45) is 0 Å². The van der Waals surface area contributed by atoms with Gasteiger partial charge in [-0.15, -0.1) is 0 Å². The standard InChI is InChI=1S/C62H36N6/c1-63-52-26-14-10-22-45(52)42-30-32-59-50(34-42)47-24-12-16-28-57(47)67(59)61-38-49(44-36-54(40-18-6-4-7-19-40)66-55(37-44)41-20-8-5-9-21-41)56(65-3)39-62(61)68-58-29-17-13-25-48(58)51-35-43(31-33-60(51)68)46-23-11-15-27-53(46)64-2/h4-39H. The van der Waals surface area contributed by atoms with Gasteiger partial charge in [-0.1, -0.05) is 158 Å². The summed E-state index contributed by atoms with van der Waals surface area (Å²) in [7, 11) is 0. The van der Waals surface area contributed by atoms with Crippen LogP contribution in [0.3, 0.4) is 0 Å². The lowest BCUT2D eigenvalue weighted by molar-refractivity contribution is 1.10. The van der Waals surface area contributed by atoms with Crippen LogP contribution in [0.1, 0.15) is 0 Å². The second-order valence-corrected chi connectivity index (χ2v) is 16.8. The molecule has 0 atom stereocenters. The number of fused-ring (bicyclic) bond motifs is 6. The molecule has 12 aromatic rings. The predicted octanol–water partition coefficient (Wildman–Crippen LogP) is 17.3. The molecule has 6 heteroatoms. The Labute approximate surface area is 393 Å². The first-order valence-corrected chi connectivity index (χ1v) is 22.3. The van der Waals surface area contributed by atoms with Gasteiger partial charge in [0.25, 0.3) is 0 Å². The van der Waals surface area contributed by atoms with E-state index in [-0.39, 0.29) is 0 Å². The SMILES string of the molecule is [C-]#[N+]c1ccccc1-c1ccc2c(c1)c1ccccc1n2-c1cc([N+]#[C-])c(-c2cc(-c3ccccc3)nc(-c3ccccc3)c2)cc1-n1c2ccccc2c2cc(-c3ccccc3[N+]#[C-])ccc21. The third kappa shape index (κ3) is 6.51. The number of rotatable bonds is 7. The number of para-hydroxylation sites is 4. The highest BCUT2D eigenvalue weighted by atomic mass is 15.1. The molecule has 0 saturated heterocycles. The minimum atomic E-state index is 0.500. The molecule has 9 aromatic carbocycles. The number of benzene rings is 9. The zero-order chi connectivity index (χ0) is 45.7. The van der Waals surface area contributed by atoms with Crippen molar-refractivity contribution in [2.75, 3.05) is 0 Å². The van der Waals surface area contributed by atoms with Gasteiger partial charge in [0.1, 0.15) is 0 Å². The van der Waals surface area contributed by atoms with Gasteiger partial charge < -0.3 is 9.13 Å². The lowest BCUT2D eigenvalue weighted by atomic mass is 9.97. The summed E-state index contributed by atoms with van der Waals surface area (Å²) in [5.41, 5.74) is 16.3. The van der Waals surface area contributed by atoms with Crippen molar-refractivity contribution in [3.63, 3.8) is 0 Å². The molecule has 3 heterocycles. The minimum absolute atomic E-state index is 0.500. The van der Waals surface area contributed by atoms with Crippen LogP contribution in [0.2, 0.25) is 0 Å². The van der Waals surface area contributed by atoms with Gasteiger partial charge >= 0.3 is 0 Å². The first-order valence-electron chi connectivity index (χ1n) is 22.3. The summed E-state index contributed by atoms with van der Waals surface area (Å²) in [6.07, 6.45) is 0. The fourth-order valence-corrected chi connectivity index (χ4v) is 9.88. The van der Waals surface area contributed by atoms with E-state index in [4.69, 9.17) is 24.7 Å². The smallest absolute Gasteiger partial charge is 0.197 e. The van der Waals surface area contributed by atoms with Gasteiger partial charge in [0.05, 0.1) is 64.5 Å². The Bertz CT molecular complexity index is 4060. The molecule has 0 radical (unpaired) electrons. The Kier molecular flexibility index (Phi) is 9.55. The molecule has 314 valence electrons. The molecule has 0 fully saturated rings. The predicted molar refractivity (Wildman–Crippen MR) is 279 cm³/mol. The van der Waals surface area contributed by atoms with Crippen LogP contribution in [0, 0.1) is 19.7 Å². The number of hydrogen-bond acceptors (Lipinski definition) is 1. The minimum Gasteiger partial charge on any atom is -0.308 e. The average molecular weight is 865 g/mol. The number of hydrogen-bond donors (Lipinski definition) is 0. The van der Waals surface area contributed by atoms with Crippen molar-refractivity contribution in [3.05, 3.63) is 253 Å². The normalized spacial score (nSPS) is 11.2. The third-order valence-corrected chi connectivity index (χ3v) is 13.0. The van der Waals surface area contributed by atoms with Gasteiger partial charge in [0.2, 0.25) is 0 Å². The van der Waals surface area contributed by atoms with Gasteiger partial charge in [-0.05, 0) is 94.0 Å². The van der Waals surface area contributed by atoms with E-state index in [0.717, 1.165) is 111 Å². The Hall–Kier alpha value is -9.80. The van der Waals surface area contributed by atoms with Crippen molar-refractivity contribution in [1.82, 2.24) is 14.1 Å². The van der Waals surface area contributed by atoms with E-state index >= 15 is 0 Å². The van der Waals surface area contributed by atoms with Gasteiger partial charge in [-0.25, -0.2) is 19.5 Å². The highest BCUT2D eigenvalue weighted by Gasteiger charge is 2.24. The average Bonchev–Trinajstić information content (AvgIpc) is 3.92. The summed E-state index contributed by atoms with van der Waals surface area (Å²) in [6.45, 7) is 24.8. The Morgan fingerprint density at radius 2 is 0.706 bits per heavy atom. The van der Waals surface area contributed by atoms with Crippen molar-refractivity contribution in [2.45, 2.75) is 0 Å². The van der Waals surface area contributed by atoms with Crippen LogP contribution in [0.15, 0.2) is 218 Å². The van der Waals surface area contributed by atoms with E-state index in [1.54, 1.807) is 0 Å². The number of aromatic nitrogens is 3. The van der Waals surface area contributed by atoms with Crippen LogP contribution >= 0.6 is 0 Å². The summed E-state index contributed by atoms with van der Waals surface area (Å²) in [4.78, 5) is 17.2. The zero-order valence-corrected chi connectivity index (χ0v) is 36.5. The molecule has 0 amide bonds. The maximum atomic E-state index is 8.87. The fourth-order valence-electron chi connectivity index (χ4n) is 9.88. The molecule has 6 nitrogen and oxygen atoms in total. The monoisotopic (exact) mass is 864 g/mol. The summed E-state index contributed by atoms with van der Waals surface area (Å²) >= 11 is 0. The van der Waals surface area contributed by atoms with E-state index in [2.05, 4.69) is 157 Å². The summed E-state index contributed by atoms with van der Waals surface area (Å²) in [5, 5.41) is 4.21. The van der Waals surface area contributed by atoms with Crippen LogP contribution in [0.4, 0.5) is 17.1 Å². The van der Waals surface area contributed by atoms with Crippen LogP contribution in [-0.4, -0.2) is 14.1 Å². The molecule has 0 aliphatic rings. The first-order chi connectivity index (χ1) is 33.6. The topological polar surface area (TPSA) is 35.8 Å². The molecule has 0 bridgehead atoms. The van der Waals surface area contributed by atoms with Gasteiger partial charge in [-0.2, -0.15) is 0 Å². The highest BCUT2D eigenvalue weighted by molar-refractivity contribution is 6.13. The molecule has 0 N–H and O–H groups in total. The molecule has 0 spiro atoms. The van der Waals surface area contributed by atoms with E-state index in [9.17, 15) is 0 Å². The molecule has 3 aromatic heterocycles. The van der Waals surface area contributed by atoms with E-state index in [1.165, 1.54) is 0 Å². The van der Waals surface area contributed by atoms with Crippen LogP contribution in [0.25, 0.3) is 125 Å². The Morgan fingerprint density at radius 1 is 0.294 bits per heavy atom. The molecule has 68 heavy (non-hydrogen) atoms. The van der Waals surface area contributed by atoms with Gasteiger partial charge in [-0.3, -0.25) is 0 Å². The maximum Gasteiger partial charge on any atom is 0.197 e. The quantitative estimate of drug-likeness (QED) is 0.147. The van der Waals surface area contributed by atoms with Crippen molar-refractivity contribution in [1.29, 1.82) is 0 Å². The Balaban J connectivity index is 1.19. The molecule has 0 aliphatic carbocycles. The number of pyridine rings is 1. The first kappa shape index (κ1) is 39.8. The molecular formula is C62H36N6. The lowest BCUT2D eigenvalue weighted by Gasteiger charge is -2.20. The maximum absolute atomic E-state index is 8.87. The van der Waals surface area contributed by atoms with E-state index in [0.29, 0.717) is 17.1 Å². The molecule has 12 rings (SSSR count). The summed E-state index contributed by atoms with van der Waals surface area (Å²) in [6, 6.07) is 74.2. The largest absolute Gasteiger partial charge is 0.308 e. The van der Waals surface area contributed by atoms with E-state index in [1.807, 2.05) is 84.9 Å². The van der Waals surface area contributed by atoms with E-state index < -0.39 is 0 Å². The number of nitrogens with zero attached hydrogens (tertiary/aromatic N) is 6. The summed E-state index contributed by atoms with van der Waals surface area (Å²) < 4.78 is 4.63. The van der Waals surface area contributed by atoms with Gasteiger partial charge in [0.15, 0.2) is 17.1 Å². The third-order valence-electron chi connectivity index (χ3n) is 13.0. The summed E-state index contributed by atoms with van der Waals surface area (Å²) in [5.74, 6) is 0. The van der Waals surface area contributed by atoms with Crippen LogP contribution < -0.4 is 0 Å². The fraction of sp³-hybridized carbons (Fsp3) is 0. The van der Waals surface area contributed by atoms with Gasteiger partial charge in [0, 0.05) is 32.7 Å². The molecule has 0 aliphatic heterocycles. The second kappa shape index (κ2) is 16.3. The molecule has 0 saturated carbocycles. The van der Waals surface area contributed by atoms with Crippen LogP contribution in [0.5, 0.6) is 0 Å². The zero-order valence-electron chi connectivity index (χ0n) is 36.5. The lowest BCUT2D eigenvalue weighted by Crippen LogP contribution is -2.04.